The Labute approximate surface area is 205 Å². The van der Waals surface area contributed by atoms with Gasteiger partial charge in [0.05, 0.1) is 22.7 Å². The van der Waals surface area contributed by atoms with Crippen molar-refractivity contribution in [2.75, 3.05) is 13.1 Å². The van der Waals surface area contributed by atoms with E-state index in [0.29, 0.717) is 11.1 Å². The molecular formula is C27H27NO6S. The van der Waals surface area contributed by atoms with Crippen LogP contribution >= 0.6 is 0 Å². The molecule has 0 N–H and O–H groups in total. The van der Waals surface area contributed by atoms with Crippen molar-refractivity contribution in [1.82, 2.24) is 4.31 Å². The second kappa shape index (κ2) is 10.5. The summed E-state index contributed by atoms with van der Waals surface area (Å²) in [5, 5.41) is 0. The molecule has 4 rings (SSSR count). The predicted octanol–water partition coefficient (Wildman–Crippen LogP) is 4.27. The maximum absolute atomic E-state index is 13.3. The van der Waals surface area contributed by atoms with Crippen LogP contribution in [0.3, 0.4) is 0 Å². The van der Waals surface area contributed by atoms with Gasteiger partial charge >= 0.3 is 5.97 Å². The third-order valence-electron chi connectivity index (χ3n) is 5.72. The van der Waals surface area contributed by atoms with Crippen LogP contribution in [-0.2, 0) is 19.5 Å². The van der Waals surface area contributed by atoms with Crippen molar-refractivity contribution < 1.29 is 27.5 Å². The monoisotopic (exact) mass is 493 g/mol. The van der Waals surface area contributed by atoms with Crippen LogP contribution in [0.25, 0.3) is 0 Å². The van der Waals surface area contributed by atoms with Gasteiger partial charge in [0.1, 0.15) is 0 Å². The summed E-state index contributed by atoms with van der Waals surface area (Å²) in [5.74, 6) is -1.16. The van der Waals surface area contributed by atoms with Gasteiger partial charge in [-0.1, -0.05) is 66.7 Å². The van der Waals surface area contributed by atoms with E-state index in [1.54, 1.807) is 60.7 Å². The van der Waals surface area contributed by atoms with Crippen molar-refractivity contribution in [3.05, 3.63) is 102 Å². The Morgan fingerprint density at radius 2 is 1.43 bits per heavy atom. The first kappa shape index (κ1) is 24.8. The van der Waals surface area contributed by atoms with Crippen molar-refractivity contribution in [2.45, 2.75) is 37.1 Å². The third-order valence-corrected chi connectivity index (χ3v) is 7.54. The van der Waals surface area contributed by atoms with Gasteiger partial charge in [-0.2, -0.15) is 4.31 Å². The SMILES string of the molecule is C[C@H]1CN(S(=O)(=O)c2cccc(C(=O)O[C@H](C(=O)c3ccccc3)c3ccccc3)c2)C[C@H](C)O1. The first-order valence-electron chi connectivity index (χ1n) is 11.4. The number of ether oxygens (including phenoxy) is 2. The van der Waals surface area contributed by atoms with Crippen LogP contribution in [0.2, 0.25) is 0 Å². The third kappa shape index (κ3) is 5.67. The second-order valence-electron chi connectivity index (χ2n) is 8.53. The Bertz CT molecular complexity index is 1280. The predicted molar refractivity (Wildman–Crippen MR) is 131 cm³/mol. The van der Waals surface area contributed by atoms with Gasteiger partial charge in [-0.15, -0.1) is 0 Å². The van der Waals surface area contributed by atoms with Gasteiger partial charge in [0.15, 0.2) is 6.10 Å². The molecule has 1 aliphatic heterocycles. The van der Waals surface area contributed by atoms with E-state index in [1.165, 1.54) is 28.6 Å². The molecule has 3 aromatic carbocycles. The fourth-order valence-corrected chi connectivity index (χ4v) is 5.73. The van der Waals surface area contributed by atoms with E-state index in [2.05, 4.69) is 0 Å². The molecule has 1 aliphatic rings. The van der Waals surface area contributed by atoms with Crippen LogP contribution in [0, 0.1) is 0 Å². The Balaban J connectivity index is 1.61. The molecule has 182 valence electrons. The molecule has 35 heavy (non-hydrogen) atoms. The molecule has 1 fully saturated rings. The first-order chi connectivity index (χ1) is 16.8. The summed E-state index contributed by atoms with van der Waals surface area (Å²) in [4.78, 5) is 26.3. The van der Waals surface area contributed by atoms with Crippen LogP contribution in [0.15, 0.2) is 89.8 Å². The molecule has 0 aromatic heterocycles. The maximum Gasteiger partial charge on any atom is 0.339 e. The quantitative estimate of drug-likeness (QED) is 0.361. The van der Waals surface area contributed by atoms with E-state index in [1.807, 2.05) is 13.8 Å². The van der Waals surface area contributed by atoms with E-state index < -0.39 is 22.1 Å². The van der Waals surface area contributed by atoms with Gasteiger partial charge in [0.2, 0.25) is 15.8 Å². The highest BCUT2D eigenvalue weighted by atomic mass is 32.2. The summed E-state index contributed by atoms with van der Waals surface area (Å²) in [5.41, 5.74) is 0.970. The summed E-state index contributed by atoms with van der Waals surface area (Å²) in [6.07, 6.45) is -1.65. The van der Waals surface area contributed by atoms with Crippen LogP contribution in [0.4, 0.5) is 0 Å². The van der Waals surface area contributed by atoms with Crippen molar-refractivity contribution >= 4 is 21.8 Å². The van der Waals surface area contributed by atoms with Gasteiger partial charge < -0.3 is 9.47 Å². The van der Waals surface area contributed by atoms with Gasteiger partial charge in [-0.05, 0) is 32.0 Å². The fraction of sp³-hybridized carbons (Fsp3) is 0.259. The highest BCUT2D eigenvalue weighted by Gasteiger charge is 2.33. The molecule has 0 spiro atoms. The van der Waals surface area contributed by atoms with Crippen LogP contribution in [0.5, 0.6) is 0 Å². The number of hydrogen-bond acceptors (Lipinski definition) is 6. The molecule has 0 radical (unpaired) electrons. The van der Waals surface area contributed by atoms with Gasteiger partial charge in [-0.25, -0.2) is 13.2 Å². The minimum atomic E-state index is -3.85. The van der Waals surface area contributed by atoms with Gasteiger partial charge in [0.25, 0.3) is 0 Å². The van der Waals surface area contributed by atoms with E-state index in [9.17, 15) is 18.0 Å². The minimum Gasteiger partial charge on any atom is -0.445 e. The molecule has 0 bridgehead atoms. The molecule has 7 nitrogen and oxygen atoms in total. The van der Waals surface area contributed by atoms with Crippen molar-refractivity contribution in [3.63, 3.8) is 0 Å². The van der Waals surface area contributed by atoms with E-state index in [-0.39, 0.29) is 41.5 Å². The van der Waals surface area contributed by atoms with E-state index in [0.717, 1.165) is 0 Å². The second-order valence-corrected chi connectivity index (χ2v) is 10.5. The van der Waals surface area contributed by atoms with Crippen molar-refractivity contribution in [1.29, 1.82) is 0 Å². The van der Waals surface area contributed by atoms with Crippen molar-refractivity contribution in [2.24, 2.45) is 0 Å². The molecular weight excluding hydrogens is 466 g/mol. The zero-order valence-electron chi connectivity index (χ0n) is 19.5. The standard InChI is InChI=1S/C27H27NO6S/c1-19-17-28(18-20(2)33-19)35(31,32)24-15-9-14-23(16-24)27(30)34-26(22-12-7-4-8-13-22)25(29)21-10-5-3-6-11-21/h3-16,19-20,26H,17-18H2,1-2H3/t19-,20-,26-/m0/s1. The summed E-state index contributed by atoms with van der Waals surface area (Å²) < 4.78 is 39.2. The molecule has 3 aromatic rings. The number of carbonyl (C=O) groups is 2. The molecule has 0 unspecified atom stereocenters. The number of ketones is 1. The van der Waals surface area contributed by atoms with Crippen LogP contribution < -0.4 is 0 Å². The fourth-order valence-electron chi connectivity index (χ4n) is 4.09. The Hall–Kier alpha value is -3.33. The number of morpholine rings is 1. The zero-order valence-corrected chi connectivity index (χ0v) is 20.4. The number of carbonyl (C=O) groups excluding carboxylic acids is 2. The number of benzene rings is 3. The summed E-state index contributed by atoms with van der Waals surface area (Å²) in [6, 6.07) is 23.0. The van der Waals surface area contributed by atoms with Gasteiger partial charge in [-0.3, -0.25) is 4.79 Å². The summed E-state index contributed by atoms with van der Waals surface area (Å²) in [6.45, 7) is 4.09. The maximum atomic E-state index is 13.3. The van der Waals surface area contributed by atoms with Gasteiger partial charge in [0, 0.05) is 24.2 Å². The Morgan fingerprint density at radius 3 is 2.06 bits per heavy atom. The number of nitrogens with zero attached hydrogens (tertiary/aromatic N) is 1. The summed E-state index contributed by atoms with van der Waals surface area (Å²) in [7, 11) is -3.85. The molecule has 0 saturated carbocycles. The smallest absolute Gasteiger partial charge is 0.339 e. The normalized spacial score (nSPS) is 19.6. The van der Waals surface area contributed by atoms with E-state index in [4.69, 9.17) is 9.47 Å². The number of hydrogen-bond donors (Lipinski definition) is 0. The molecule has 8 heteroatoms. The highest BCUT2D eigenvalue weighted by Crippen LogP contribution is 2.26. The van der Waals surface area contributed by atoms with Crippen molar-refractivity contribution in [3.8, 4) is 0 Å². The Kier molecular flexibility index (Phi) is 7.45. The number of rotatable bonds is 7. The lowest BCUT2D eigenvalue weighted by atomic mass is 10.00. The largest absolute Gasteiger partial charge is 0.445 e. The zero-order chi connectivity index (χ0) is 25.0. The van der Waals surface area contributed by atoms with Crippen LogP contribution in [-0.4, -0.2) is 49.8 Å². The lowest BCUT2D eigenvalue weighted by Crippen LogP contribution is -2.48. The number of esters is 1. The molecule has 0 aliphatic carbocycles. The minimum absolute atomic E-state index is 0.0149. The molecule has 3 atom stereocenters. The number of Topliss-reactive ketones (excluding diaryl/α,β-unsaturated/α-hetero) is 1. The lowest BCUT2D eigenvalue weighted by molar-refractivity contribution is -0.0440. The lowest BCUT2D eigenvalue weighted by Gasteiger charge is -2.34. The van der Waals surface area contributed by atoms with E-state index >= 15 is 0 Å². The average molecular weight is 494 g/mol. The topological polar surface area (TPSA) is 90.0 Å². The van der Waals surface area contributed by atoms with Crippen LogP contribution in [0.1, 0.15) is 46.2 Å². The molecule has 0 amide bonds. The Morgan fingerprint density at radius 1 is 0.857 bits per heavy atom. The average Bonchev–Trinajstić information content (AvgIpc) is 2.87. The first-order valence-corrected chi connectivity index (χ1v) is 12.8. The highest BCUT2D eigenvalue weighted by molar-refractivity contribution is 7.89. The molecule has 1 heterocycles. The summed E-state index contributed by atoms with van der Waals surface area (Å²) >= 11 is 0. The molecule has 1 saturated heterocycles. The number of sulfonamides is 1.